The lowest BCUT2D eigenvalue weighted by Crippen LogP contribution is -2.58. The van der Waals surface area contributed by atoms with Gasteiger partial charge in [0.1, 0.15) is 11.2 Å². The van der Waals surface area contributed by atoms with Crippen molar-refractivity contribution >= 4 is 11.8 Å². The van der Waals surface area contributed by atoms with Gasteiger partial charge >= 0.3 is 0 Å². The van der Waals surface area contributed by atoms with E-state index in [1.165, 1.54) is 6.07 Å². The summed E-state index contributed by atoms with van der Waals surface area (Å²) >= 11 is 0. The molecule has 0 spiro atoms. The number of halogens is 1. The van der Waals surface area contributed by atoms with E-state index < -0.39 is 16.7 Å². The molecule has 0 radical (unpaired) electrons. The van der Waals surface area contributed by atoms with Gasteiger partial charge in [-0.05, 0) is 55.9 Å². The molecule has 164 valence electrons. The summed E-state index contributed by atoms with van der Waals surface area (Å²) in [7, 11) is 0. The molecule has 7 heteroatoms. The Labute approximate surface area is 181 Å². The van der Waals surface area contributed by atoms with Gasteiger partial charge in [-0.25, -0.2) is 4.39 Å². The number of ether oxygens (including phenoxy) is 1. The number of likely N-dealkylation sites (tertiary alicyclic amines) is 1. The third-order valence-corrected chi connectivity index (χ3v) is 6.80. The summed E-state index contributed by atoms with van der Waals surface area (Å²) in [4.78, 5) is 32.7. The number of carbonyl (C=O) groups excluding carboxylic acids is 2. The average molecular weight is 426 g/mol. The Hall–Kier alpha value is -2.80. The standard InChI is InChI=1S/C24H28FN3O3/c25-19-7-2-1-6-18(19)16-23(10-14-31-15-11-23)22(30)28-13-5-9-24(17-28,21(26)29)20-8-3-4-12-27-20/h1-4,6-8,12H,5,9-11,13-17H2,(H2,26,29)/t24-/m0/s1. The number of rotatable bonds is 5. The Bertz CT molecular complexity index is 946. The zero-order valence-electron chi connectivity index (χ0n) is 17.6. The van der Waals surface area contributed by atoms with Gasteiger partial charge in [0.15, 0.2) is 0 Å². The molecule has 0 aliphatic carbocycles. The van der Waals surface area contributed by atoms with E-state index >= 15 is 0 Å². The Morgan fingerprint density at radius 1 is 1.10 bits per heavy atom. The highest BCUT2D eigenvalue weighted by atomic mass is 19.1. The van der Waals surface area contributed by atoms with Crippen molar-refractivity contribution in [2.45, 2.75) is 37.5 Å². The van der Waals surface area contributed by atoms with E-state index in [1.54, 1.807) is 41.4 Å². The summed E-state index contributed by atoms with van der Waals surface area (Å²) in [5.74, 6) is -0.834. The van der Waals surface area contributed by atoms with Crippen LogP contribution in [-0.2, 0) is 26.2 Å². The van der Waals surface area contributed by atoms with Gasteiger partial charge in [0.2, 0.25) is 11.8 Å². The van der Waals surface area contributed by atoms with E-state index in [9.17, 15) is 14.0 Å². The van der Waals surface area contributed by atoms with Crippen LogP contribution in [0.3, 0.4) is 0 Å². The van der Waals surface area contributed by atoms with Crippen molar-refractivity contribution in [1.82, 2.24) is 9.88 Å². The van der Waals surface area contributed by atoms with Gasteiger partial charge in [-0.2, -0.15) is 0 Å². The monoisotopic (exact) mass is 425 g/mol. The lowest BCUT2D eigenvalue weighted by atomic mass is 9.71. The van der Waals surface area contributed by atoms with E-state index in [-0.39, 0.29) is 18.3 Å². The molecule has 31 heavy (non-hydrogen) atoms. The molecule has 2 aliphatic rings. The number of hydrogen-bond acceptors (Lipinski definition) is 4. The van der Waals surface area contributed by atoms with Crippen LogP contribution in [0.25, 0.3) is 0 Å². The van der Waals surface area contributed by atoms with Crippen LogP contribution in [0.5, 0.6) is 0 Å². The number of primary amides is 1. The highest BCUT2D eigenvalue weighted by Gasteiger charge is 2.49. The summed E-state index contributed by atoms with van der Waals surface area (Å²) < 4.78 is 20.0. The Morgan fingerprint density at radius 3 is 2.52 bits per heavy atom. The van der Waals surface area contributed by atoms with Gasteiger partial charge in [-0.3, -0.25) is 14.6 Å². The van der Waals surface area contributed by atoms with Crippen molar-refractivity contribution in [2.75, 3.05) is 26.3 Å². The molecule has 0 unspecified atom stereocenters. The molecule has 2 saturated heterocycles. The number of carbonyl (C=O) groups is 2. The highest BCUT2D eigenvalue weighted by molar-refractivity contribution is 5.89. The number of benzene rings is 1. The molecule has 4 rings (SSSR count). The smallest absolute Gasteiger partial charge is 0.231 e. The molecular weight excluding hydrogens is 397 g/mol. The van der Waals surface area contributed by atoms with Gasteiger partial charge in [0.25, 0.3) is 0 Å². The van der Waals surface area contributed by atoms with Crippen LogP contribution < -0.4 is 5.73 Å². The molecule has 3 heterocycles. The first kappa shape index (κ1) is 21.4. The van der Waals surface area contributed by atoms with Gasteiger partial charge in [0, 0.05) is 32.5 Å². The minimum atomic E-state index is -1.01. The molecule has 2 N–H and O–H groups in total. The van der Waals surface area contributed by atoms with Crippen LogP contribution in [0.2, 0.25) is 0 Å². The molecule has 6 nitrogen and oxygen atoms in total. The average Bonchev–Trinajstić information content (AvgIpc) is 2.81. The largest absolute Gasteiger partial charge is 0.381 e. The van der Waals surface area contributed by atoms with Crippen LogP contribution in [0.1, 0.15) is 36.9 Å². The first-order valence-electron chi connectivity index (χ1n) is 10.8. The fourth-order valence-corrected chi connectivity index (χ4v) is 4.98. The van der Waals surface area contributed by atoms with E-state index in [2.05, 4.69) is 4.98 Å². The fourth-order valence-electron chi connectivity index (χ4n) is 4.98. The van der Waals surface area contributed by atoms with Crippen molar-refractivity contribution in [3.05, 3.63) is 65.7 Å². The third-order valence-electron chi connectivity index (χ3n) is 6.80. The molecule has 1 aromatic heterocycles. The van der Waals surface area contributed by atoms with Gasteiger partial charge in [-0.1, -0.05) is 24.3 Å². The summed E-state index contributed by atoms with van der Waals surface area (Å²) in [6.45, 7) is 1.64. The minimum absolute atomic E-state index is 0.0553. The molecule has 0 bridgehead atoms. The van der Waals surface area contributed by atoms with Crippen molar-refractivity contribution in [1.29, 1.82) is 0 Å². The normalized spacial score (nSPS) is 23.3. The number of aromatic nitrogens is 1. The van der Waals surface area contributed by atoms with Crippen LogP contribution >= 0.6 is 0 Å². The fraction of sp³-hybridized carbons (Fsp3) is 0.458. The van der Waals surface area contributed by atoms with Crippen molar-refractivity contribution < 1.29 is 18.7 Å². The first-order valence-corrected chi connectivity index (χ1v) is 10.8. The maximum Gasteiger partial charge on any atom is 0.231 e. The second-order valence-electron chi connectivity index (χ2n) is 8.65. The highest BCUT2D eigenvalue weighted by Crippen LogP contribution is 2.40. The first-order chi connectivity index (χ1) is 15.0. The Balaban J connectivity index is 1.65. The second-order valence-corrected chi connectivity index (χ2v) is 8.65. The van der Waals surface area contributed by atoms with Crippen molar-refractivity contribution in [3.63, 3.8) is 0 Å². The number of pyridine rings is 1. The van der Waals surface area contributed by atoms with E-state index in [0.29, 0.717) is 63.1 Å². The quantitative estimate of drug-likeness (QED) is 0.798. The molecule has 2 fully saturated rings. The predicted octanol–water partition coefficient (Wildman–Crippen LogP) is 2.61. The van der Waals surface area contributed by atoms with Crippen LogP contribution in [0.4, 0.5) is 4.39 Å². The van der Waals surface area contributed by atoms with Crippen LogP contribution in [-0.4, -0.2) is 48.0 Å². The third kappa shape index (κ3) is 4.06. The summed E-state index contributed by atoms with van der Waals surface area (Å²) in [5, 5.41) is 0. The van der Waals surface area contributed by atoms with Crippen LogP contribution in [0, 0.1) is 11.2 Å². The molecule has 0 saturated carbocycles. The Kier molecular flexibility index (Phi) is 6.05. The molecule has 2 amide bonds. The molecule has 2 aliphatic heterocycles. The van der Waals surface area contributed by atoms with Crippen molar-refractivity contribution in [3.8, 4) is 0 Å². The van der Waals surface area contributed by atoms with E-state index in [0.717, 1.165) is 0 Å². The number of piperidine rings is 1. The molecule has 1 aromatic carbocycles. The van der Waals surface area contributed by atoms with E-state index in [4.69, 9.17) is 10.5 Å². The molecule has 2 aromatic rings. The van der Waals surface area contributed by atoms with Crippen LogP contribution in [0.15, 0.2) is 48.7 Å². The molecular formula is C24H28FN3O3. The predicted molar refractivity (Wildman–Crippen MR) is 114 cm³/mol. The maximum atomic E-state index is 14.4. The molecule has 1 atom stereocenters. The SMILES string of the molecule is NC(=O)[C@@]1(c2ccccn2)CCCN(C(=O)C2(Cc3ccccc3F)CCOCC2)C1. The maximum absolute atomic E-state index is 14.4. The second kappa shape index (κ2) is 8.75. The number of amides is 2. The lowest BCUT2D eigenvalue weighted by Gasteiger charge is -2.45. The number of nitrogens with two attached hydrogens (primary N) is 1. The van der Waals surface area contributed by atoms with Crippen molar-refractivity contribution in [2.24, 2.45) is 11.1 Å². The van der Waals surface area contributed by atoms with Gasteiger partial charge in [-0.15, -0.1) is 0 Å². The Morgan fingerprint density at radius 2 is 1.84 bits per heavy atom. The topological polar surface area (TPSA) is 85.5 Å². The summed E-state index contributed by atoms with van der Waals surface area (Å²) in [6.07, 6.45) is 4.18. The minimum Gasteiger partial charge on any atom is -0.381 e. The summed E-state index contributed by atoms with van der Waals surface area (Å²) in [6, 6.07) is 12.0. The zero-order valence-corrected chi connectivity index (χ0v) is 17.6. The van der Waals surface area contributed by atoms with Gasteiger partial charge in [0.05, 0.1) is 11.1 Å². The van der Waals surface area contributed by atoms with Gasteiger partial charge < -0.3 is 15.4 Å². The summed E-state index contributed by atoms with van der Waals surface area (Å²) in [5.41, 5.74) is 5.21. The number of hydrogen-bond donors (Lipinski definition) is 1. The zero-order chi connectivity index (χ0) is 21.9. The number of nitrogens with zero attached hydrogens (tertiary/aromatic N) is 2. The van der Waals surface area contributed by atoms with E-state index in [1.807, 2.05) is 6.07 Å². The lowest BCUT2D eigenvalue weighted by molar-refractivity contribution is -0.151.